The van der Waals surface area contributed by atoms with Crippen molar-refractivity contribution in [2.45, 2.75) is 44.8 Å². The zero-order valence-corrected chi connectivity index (χ0v) is 12.1. The van der Waals surface area contributed by atoms with E-state index in [1.807, 2.05) is 38.1 Å². The van der Waals surface area contributed by atoms with Crippen LogP contribution in [0.5, 0.6) is 0 Å². The summed E-state index contributed by atoms with van der Waals surface area (Å²) in [5, 5.41) is 13.5. The molecule has 1 fully saturated rings. The molecule has 1 aliphatic carbocycles. The van der Waals surface area contributed by atoms with Crippen LogP contribution in [0.1, 0.15) is 38.7 Å². The largest absolute Gasteiger partial charge is 0.392 e. The van der Waals surface area contributed by atoms with E-state index < -0.39 is 11.6 Å². The molecule has 1 saturated carbocycles. The first-order valence-corrected chi connectivity index (χ1v) is 7.04. The molecule has 0 spiro atoms. The Hall–Kier alpha value is -1.06. The summed E-state index contributed by atoms with van der Waals surface area (Å²) in [7, 11) is 0. The van der Waals surface area contributed by atoms with Gasteiger partial charge in [0.25, 0.3) is 0 Å². The van der Waals surface area contributed by atoms with Gasteiger partial charge >= 0.3 is 0 Å². The molecule has 3 nitrogen and oxygen atoms in total. The predicted molar refractivity (Wildman–Crippen MR) is 76.0 cm³/mol. The Morgan fingerprint density at radius 1 is 1.32 bits per heavy atom. The Balaban J connectivity index is 2.08. The number of amides is 1. The summed E-state index contributed by atoms with van der Waals surface area (Å²) < 4.78 is 0. The van der Waals surface area contributed by atoms with Crippen LogP contribution in [0.2, 0.25) is 5.02 Å². The lowest BCUT2D eigenvalue weighted by Gasteiger charge is -2.29. The maximum atomic E-state index is 12.2. The van der Waals surface area contributed by atoms with Crippen molar-refractivity contribution in [2.75, 3.05) is 0 Å². The Bertz CT molecular complexity index is 456. The second-order valence-electron chi connectivity index (χ2n) is 5.73. The zero-order valence-electron chi connectivity index (χ0n) is 11.3. The zero-order chi connectivity index (χ0) is 14.0. The summed E-state index contributed by atoms with van der Waals surface area (Å²) in [6.45, 7) is 3.91. The number of carbonyl (C=O) groups excluding carboxylic acids is 1. The number of hydrogen-bond acceptors (Lipinski definition) is 2. The first-order valence-electron chi connectivity index (χ1n) is 6.66. The van der Waals surface area contributed by atoms with Gasteiger partial charge in [-0.15, -0.1) is 0 Å². The van der Waals surface area contributed by atoms with Gasteiger partial charge in [0.15, 0.2) is 0 Å². The normalized spacial score (nSPS) is 23.4. The topological polar surface area (TPSA) is 49.3 Å². The number of rotatable bonds is 3. The predicted octanol–water partition coefficient (Wildman–Crippen LogP) is 2.85. The van der Waals surface area contributed by atoms with E-state index in [-0.39, 0.29) is 11.8 Å². The van der Waals surface area contributed by atoms with Crippen molar-refractivity contribution in [3.63, 3.8) is 0 Å². The summed E-state index contributed by atoms with van der Waals surface area (Å²) in [6, 6.07) is 7.45. The molecule has 0 aliphatic heterocycles. The van der Waals surface area contributed by atoms with Crippen LogP contribution in [0.3, 0.4) is 0 Å². The van der Waals surface area contributed by atoms with Gasteiger partial charge in [0.2, 0.25) is 5.91 Å². The van der Waals surface area contributed by atoms with Gasteiger partial charge in [-0.1, -0.05) is 23.7 Å². The molecule has 19 heavy (non-hydrogen) atoms. The van der Waals surface area contributed by atoms with E-state index >= 15 is 0 Å². The molecule has 0 aromatic heterocycles. The molecule has 0 radical (unpaired) electrons. The highest BCUT2D eigenvalue weighted by atomic mass is 35.5. The number of nitrogens with one attached hydrogen (secondary N) is 1. The van der Waals surface area contributed by atoms with Gasteiger partial charge in [-0.05, 0) is 50.8 Å². The van der Waals surface area contributed by atoms with Crippen LogP contribution in [0.4, 0.5) is 0 Å². The maximum Gasteiger partial charge on any atom is 0.226 e. The third-order valence-electron chi connectivity index (χ3n) is 3.82. The molecule has 1 aromatic carbocycles. The smallest absolute Gasteiger partial charge is 0.226 e. The second-order valence-corrected chi connectivity index (χ2v) is 6.16. The van der Waals surface area contributed by atoms with E-state index in [0.29, 0.717) is 5.02 Å². The van der Waals surface area contributed by atoms with Crippen molar-refractivity contribution in [3.05, 3.63) is 34.9 Å². The summed E-state index contributed by atoms with van der Waals surface area (Å²) in [5.74, 6) is -0.337. The number of halogens is 1. The lowest BCUT2D eigenvalue weighted by atomic mass is 9.93. The molecule has 2 unspecified atom stereocenters. The Kier molecular flexibility index (Phi) is 4.16. The number of carbonyl (C=O) groups is 1. The van der Waals surface area contributed by atoms with Crippen molar-refractivity contribution in [3.8, 4) is 0 Å². The number of aliphatic hydroxyl groups is 1. The van der Waals surface area contributed by atoms with Crippen LogP contribution in [-0.4, -0.2) is 17.1 Å². The molecular formula is C15H20ClNO2. The standard InChI is InChI=1S/C15H20ClNO2/c1-15(2,10-6-8-11(16)9-7-10)17-14(19)12-4-3-5-13(12)18/h6-9,12-13,18H,3-5H2,1-2H3,(H,17,19). The lowest BCUT2D eigenvalue weighted by molar-refractivity contribution is -0.129. The van der Waals surface area contributed by atoms with Gasteiger partial charge in [-0.3, -0.25) is 4.79 Å². The van der Waals surface area contributed by atoms with Gasteiger partial charge in [0, 0.05) is 5.02 Å². The quantitative estimate of drug-likeness (QED) is 0.895. The lowest BCUT2D eigenvalue weighted by Crippen LogP contribution is -2.45. The van der Waals surface area contributed by atoms with Crippen molar-refractivity contribution in [1.82, 2.24) is 5.32 Å². The van der Waals surface area contributed by atoms with Gasteiger partial charge in [0.1, 0.15) is 0 Å². The molecule has 1 aliphatic rings. The molecule has 104 valence electrons. The van der Waals surface area contributed by atoms with E-state index in [1.165, 1.54) is 0 Å². The van der Waals surface area contributed by atoms with Crippen LogP contribution in [-0.2, 0) is 10.3 Å². The number of hydrogen-bond donors (Lipinski definition) is 2. The SMILES string of the molecule is CC(C)(NC(=O)C1CCCC1O)c1ccc(Cl)cc1. The van der Waals surface area contributed by atoms with Crippen LogP contribution in [0.15, 0.2) is 24.3 Å². The molecule has 1 aromatic rings. The van der Waals surface area contributed by atoms with E-state index in [0.717, 1.165) is 24.8 Å². The minimum absolute atomic E-state index is 0.0649. The van der Waals surface area contributed by atoms with E-state index in [2.05, 4.69) is 5.32 Å². The molecule has 2 atom stereocenters. The minimum Gasteiger partial charge on any atom is -0.392 e. The first kappa shape index (κ1) is 14.4. The minimum atomic E-state index is -0.499. The van der Waals surface area contributed by atoms with Gasteiger partial charge in [-0.25, -0.2) is 0 Å². The molecule has 1 amide bonds. The van der Waals surface area contributed by atoms with Crippen molar-refractivity contribution < 1.29 is 9.90 Å². The van der Waals surface area contributed by atoms with E-state index in [9.17, 15) is 9.90 Å². The monoisotopic (exact) mass is 281 g/mol. The van der Waals surface area contributed by atoms with Crippen LogP contribution >= 0.6 is 11.6 Å². The summed E-state index contributed by atoms with van der Waals surface area (Å²) in [4.78, 5) is 12.2. The highest BCUT2D eigenvalue weighted by molar-refractivity contribution is 6.30. The third-order valence-corrected chi connectivity index (χ3v) is 4.07. The Labute approximate surface area is 119 Å². The average molecular weight is 282 g/mol. The van der Waals surface area contributed by atoms with Crippen LogP contribution in [0.25, 0.3) is 0 Å². The Morgan fingerprint density at radius 2 is 1.95 bits per heavy atom. The molecule has 2 rings (SSSR count). The molecule has 0 saturated heterocycles. The first-order chi connectivity index (χ1) is 8.90. The highest BCUT2D eigenvalue weighted by Gasteiger charge is 2.34. The molecule has 4 heteroatoms. The number of aliphatic hydroxyl groups excluding tert-OH is 1. The van der Waals surface area contributed by atoms with Gasteiger partial charge in [-0.2, -0.15) is 0 Å². The molecule has 2 N–H and O–H groups in total. The molecule has 0 heterocycles. The van der Waals surface area contributed by atoms with Crippen LogP contribution in [0, 0.1) is 5.92 Å². The fraction of sp³-hybridized carbons (Fsp3) is 0.533. The number of benzene rings is 1. The summed E-state index contributed by atoms with van der Waals surface area (Å²) in [5.41, 5.74) is 0.530. The highest BCUT2D eigenvalue weighted by Crippen LogP contribution is 2.28. The molecular weight excluding hydrogens is 262 g/mol. The fourth-order valence-corrected chi connectivity index (χ4v) is 2.71. The molecule has 0 bridgehead atoms. The van der Waals surface area contributed by atoms with Crippen molar-refractivity contribution >= 4 is 17.5 Å². The van der Waals surface area contributed by atoms with E-state index in [4.69, 9.17) is 11.6 Å². The summed E-state index contributed by atoms with van der Waals surface area (Å²) >= 11 is 5.87. The Morgan fingerprint density at radius 3 is 2.47 bits per heavy atom. The summed E-state index contributed by atoms with van der Waals surface area (Å²) in [6.07, 6.45) is 1.91. The third kappa shape index (κ3) is 3.28. The fourth-order valence-electron chi connectivity index (χ4n) is 2.59. The maximum absolute atomic E-state index is 12.2. The van der Waals surface area contributed by atoms with Gasteiger partial charge < -0.3 is 10.4 Å². The van der Waals surface area contributed by atoms with E-state index in [1.54, 1.807) is 0 Å². The van der Waals surface area contributed by atoms with Gasteiger partial charge in [0.05, 0.1) is 17.6 Å². The van der Waals surface area contributed by atoms with Crippen molar-refractivity contribution in [1.29, 1.82) is 0 Å². The van der Waals surface area contributed by atoms with Crippen LogP contribution < -0.4 is 5.32 Å². The average Bonchev–Trinajstić information content (AvgIpc) is 2.75. The second kappa shape index (κ2) is 5.51. The van der Waals surface area contributed by atoms with Crippen molar-refractivity contribution in [2.24, 2.45) is 5.92 Å².